The van der Waals surface area contributed by atoms with Crippen LogP contribution in [-0.2, 0) is 9.53 Å². The zero-order chi connectivity index (χ0) is 23.4. The number of aromatic nitrogens is 2. The van der Waals surface area contributed by atoms with Gasteiger partial charge in [-0.2, -0.15) is 0 Å². The average molecular weight is 442 g/mol. The van der Waals surface area contributed by atoms with Gasteiger partial charge in [0.1, 0.15) is 5.82 Å². The lowest BCUT2D eigenvalue weighted by molar-refractivity contribution is -0.124. The Hall–Kier alpha value is -4.46. The number of primary amides is 1. The predicted octanol–water partition coefficient (Wildman–Crippen LogP) is 3.90. The Labute approximate surface area is 189 Å². The zero-order valence-electron chi connectivity index (χ0n) is 17.9. The lowest BCUT2D eigenvalue weighted by atomic mass is 10.1. The van der Waals surface area contributed by atoms with Crippen LogP contribution in [0.15, 0.2) is 72.8 Å². The van der Waals surface area contributed by atoms with Gasteiger partial charge in [-0.3, -0.25) is 9.59 Å². The van der Waals surface area contributed by atoms with Gasteiger partial charge in [0.25, 0.3) is 11.8 Å². The molecule has 2 amide bonds. The third-order valence-corrected chi connectivity index (χ3v) is 5.13. The number of ether oxygens (including phenoxy) is 1. The first-order chi connectivity index (χ1) is 16.0. The first-order valence-electron chi connectivity index (χ1n) is 10.4. The molecular weight excluding hydrogens is 420 g/mol. The van der Waals surface area contributed by atoms with E-state index in [-0.39, 0.29) is 23.2 Å². The monoisotopic (exact) mass is 442 g/mol. The average Bonchev–Trinajstić information content (AvgIpc) is 3.26. The molecule has 4 rings (SSSR count). The van der Waals surface area contributed by atoms with Crippen LogP contribution < -0.4 is 11.1 Å². The van der Waals surface area contributed by atoms with E-state index in [4.69, 9.17) is 10.5 Å². The second kappa shape index (κ2) is 9.35. The summed E-state index contributed by atoms with van der Waals surface area (Å²) < 4.78 is 5.46. The van der Waals surface area contributed by atoms with E-state index in [1.807, 2.05) is 30.3 Å². The fourth-order valence-electron chi connectivity index (χ4n) is 3.41. The van der Waals surface area contributed by atoms with Crippen molar-refractivity contribution in [3.8, 4) is 11.4 Å². The zero-order valence-corrected chi connectivity index (χ0v) is 17.9. The minimum absolute atomic E-state index is 0.172. The molecule has 0 radical (unpaired) electrons. The van der Waals surface area contributed by atoms with Gasteiger partial charge in [0.05, 0.1) is 27.8 Å². The van der Waals surface area contributed by atoms with Crippen molar-refractivity contribution in [2.24, 2.45) is 5.73 Å². The van der Waals surface area contributed by atoms with Crippen LogP contribution in [0.5, 0.6) is 0 Å². The van der Waals surface area contributed by atoms with Crippen molar-refractivity contribution < 1.29 is 19.1 Å². The van der Waals surface area contributed by atoms with E-state index in [9.17, 15) is 14.4 Å². The maximum Gasteiger partial charge on any atom is 0.338 e. The van der Waals surface area contributed by atoms with Gasteiger partial charge in [-0.1, -0.05) is 49.4 Å². The molecule has 0 fully saturated rings. The van der Waals surface area contributed by atoms with E-state index in [0.717, 1.165) is 5.56 Å². The largest absolute Gasteiger partial charge is 0.449 e. The first-order valence-corrected chi connectivity index (χ1v) is 10.4. The summed E-state index contributed by atoms with van der Waals surface area (Å²) in [6.45, 7) is 1.72. The molecule has 166 valence electrons. The third kappa shape index (κ3) is 4.74. The number of benzene rings is 3. The summed E-state index contributed by atoms with van der Waals surface area (Å²) in [7, 11) is 0. The van der Waals surface area contributed by atoms with Crippen LogP contribution in [-0.4, -0.2) is 33.9 Å². The van der Waals surface area contributed by atoms with Gasteiger partial charge in [0.2, 0.25) is 0 Å². The number of imidazole rings is 1. The second-order valence-corrected chi connectivity index (χ2v) is 7.38. The molecule has 33 heavy (non-hydrogen) atoms. The third-order valence-electron chi connectivity index (χ3n) is 5.13. The molecule has 0 bridgehead atoms. The smallest absolute Gasteiger partial charge is 0.338 e. The molecule has 0 saturated heterocycles. The van der Waals surface area contributed by atoms with E-state index in [1.165, 1.54) is 6.07 Å². The molecule has 0 aliphatic rings. The molecule has 3 aromatic carbocycles. The summed E-state index contributed by atoms with van der Waals surface area (Å²) in [6.07, 6.45) is -0.795. The fraction of sp³-hybridized carbons (Fsp3) is 0.120. The van der Waals surface area contributed by atoms with Crippen LogP contribution in [0.1, 0.15) is 34.1 Å². The number of hydrogen-bond donors (Lipinski definition) is 3. The Morgan fingerprint density at radius 1 is 1.03 bits per heavy atom. The minimum Gasteiger partial charge on any atom is -0.449 e. The summed E-state index contributed by atoms with van der Waals surface area (Å²) in [6, 6.07) is 21.0. The normalized spacial score (nSPS) is 11.7. The molecule has 0 saturated carbocycles. The number of nitrogens with zero attached hydrogens (tertiary/aromatic N) is 1. The van der Waals surface area contributed by atoms with Crippen molar-refractivity contribution in [2.75, 3.05) is 5.32 Å². The SMILES string of the molecule is CCC(OC(=O)c1ccc2nc(-c3ccccc3)[nH]c2c1)C(=O)Nc1ccccc1C(N)=O. The van der Waals surface area contributed by atoms with Crippen molar-refractivity contribution in [2.45, 2.75) is 19.4 Å². The van der Waals surface area contributed by atoms with Crippen molar-refractivity contribution in [3.63, 3.8) is 0 Å². The van der Waals surface area contributed by atoms with Crippen LogP contribution in [0.2, 0.25) is 0 Å². The van der Waals surface area contributed by atoms with Crippen LogP contribution in [0.3, 0.4) is 0 Å². The van der Waals surface area contributed by atoms with Crippen LogP contribution in [0.4, 0.5) is 5.69 Å². The van der Waals surface area contributed by atoms with Crippen molar-refractivity contribution >= 4 is 34.5 Å². The van der Waals surface area contributed by atoms with Gasteiger partial charge in [-0.25, -0.2) is 9.78 Å². The number of para-hydroxylation sites is 1. The van der Waals surface area contributed by atoms with E-state index in [1.54, 1.807) is 43.3 Å². The van der Waals surface area contributed by atoms with E-state index >= 15 is 0 Å². The second-order valence-electron chi connectivity index (χ2n) is 7.38. The van der Waals surface area contributed by atoms with Crippen LogP contribution >= 0.6 is 0 Å². The van der Waals surface area contributed by atoms with E-state index < -0.39 is 23.9 Å². The summed E-state index contributed by atoms with van der Waals surface area (Å²) in [5, 5.41) is 2.62. The number of H-pyrrole nitrogens is 1. The van der Waals surface area contributed by atoms with Gasteiger partial charge in [-0.15, -0.1) is 0 Å². The maximum atomic E-state index is 12.8. The van der Waals surface area contributed by atoms with Gasteiger partial charge < -0.3 is 20.8 Å². The Balaban J connectivity index is 1.50. The molecular formula is C25H22N4O4. The number of rotatable bonds is 7. The summed E-state index contributed by atoms with van der Waals surface area (Å²) in [5.74, 6) is -1.17. The number of hydrogen-bond acceptors (Lipinski definition) is 5. The molecule has 4 aromatic rings. The number of carbonyl (C=O) groups is 3. The van der Waals surface area contributed by atoms with E-state index in [0.29, 0.717) is 16.9 Å². The molecule has 8 heteroatoms. The lowest BCUT2D eigenvalue weighted by Gasteiger charge is -2.17. The Bertz CT molecular complexity index is 1330. The molecule has 1 atom stereocenters. The highest BCUT2D eigenvalue weighted by Gasteiger charge is 2.23. The molecule has 1 heterocycles. The standard InChI is InChI=1S/C25H22N4O4/c1-2-21(24(31)29-18-11-7-6-10-17(18)22(26)30)33-25(32)16-12-13-19-20(14-16)28-23(27-19)15-8-4-3-5-9-15/h3-14,21H,2H2,1H3,(H2,26,30)(H,27,28)(H,29,31). The minimum atomic E-state index is -1.05. The van der Waals surface area contributed by atoms with Gasteiger partial charge in [-0.05, 0) is 36.8 Å². The molecule has 0 aliphatic carbocycles. The highest BCUT2D eigenvalue weighted by Crippen LogP contribution is 2.22. The Morgan fingerprint density at radius 2 is 1.76 bits per heavy atom. The van der Waals surface area contributed by atoms with Crippen molar-refractivity contribution in [1.29, 1.82) is 0 Å². The number of nitrogens with two attached hydrogens (primary N) is 1. The number of fused-ring (bicyclic) bond motifs is 1. The number of nitrogens with one attached hydrogen (secondary N) is 2. The summed E-state index contributed by atoms with van der Waals surface area (Å²) in [5.41, 5.74) is 8.39. The highest BCUT2D eigenvalue weighted by molar-refractivity contribution is 6.04. The first kappa shape index (κ1) is 21.8. The molecule has 4 N–H and O–H groups in total. The number of esters is 1. The molecule has 0 spiro atoms. The molecule has 1 aromatic heterocycles. The molecule has 8 nitrogen and oxygen atoms in total. The van der Waals surface area contributed by atoms with Crippen molar-refractivity contribution in [1.82, 2.24) is 9.97 Å². The number of aromatic amines is 1. The van der Waals surface area contributed by atoms with Gasteiger partial charge >= 0.3 is 5.97 Å². The Morgan fingerprint density at radius 3 is 2.48 bits per heavy atom. The van der Waals surface area contributed by atoms with Gasteiger partial charge in [0.15, 0.2) is 6.10 Å². The number of amides is 2. The molecule has 0 aliphatic heterocycles. The Kier molecular flexibility index (Phi) is 6.17. The molecule has 1 unspecified atom stereocenters. The topological polar surface area (TPSA) is 127 Å². The summed E-state index contributed by atoms with van der Waals surface area (Å²) in [4.78, 5) is 44.8. The predicted molar refractivity (Wildman–Crippen MR) is 125 cm³/mol. The highest BCUT2D eigenvalue weighted by atomic mass is 16.5. The van der Waals surface area contributed by atoms with Crippen molar-refractivity contribution in [3.05, 3.63) is 83.9 Å². The quantitative estimate of drug-likeness (QED) is 0.374. The van der Waals surface area contributed by atoms with E-state index in [2.05, 4.69) is 15.3 Å². The van der Waals surface area contributed by atoms with Gasteiger partial charge in [0, 0.05) is 5.56 Å². The summed E-state index contributed by atoms with van der Waals surface area (Å²) >= 11 is 0. The lowest BCUT2D eigenvalue weighted by Crippen LogP contribution is -2.32. The van der Waals surface area contributed by atoms with Crippen LogP contribution in [0.25, 0.3) is 22.4 Å². The number of carbonyl (C=O) groups excluding carboxylic acids is 3. The fourth-order valence-corrected chi connectivity index (χ4v) is 3.41. The van der Waals surface area contributed by atoms with Crippen LogP contribution in [0, 0.1) is 0 Å². The maximum absolute atomic E-state index is 12.8. The number of anilines is 1.